The zero-order valence-electron chi connectivity index (χ0n) is 10.5. The molecule has 0 amide bonds. The molecule has 0 unspecified atom stereocenters. The third-order valence-electron chi connectivity index (χ3n) is 2.60. The molecule has 1 N–H and O–H groups in total. The predicted molar refractivity (Wildman–Crippen MR) is 66.6 cm³/mol. The van der Waals surface area contributed by atoms with Crippen LogP contribution in [0.15, 0.2) is 18.2 Å². The molecule has 0 aliphatic carbocycles. The Morgan fingerprint density at radius 3 is 2.94 bits per heavy atom. The lowest BCUT2D eigenvalue weighted by atomic mass is 10.2. The average Bonchev–Trinajstić information content (AvgIpc) is 2.76. The van der Waals surface area contributed by atoms with Crippen LogP contribution in [0.4, 0.5) is 10.1 Å². The molecule has 1 heterocycles. The molecule has 6 heteroatoms. The molecular weight excluding hydrogens is 233 g/mol. The van der Waals surface area contributed by atoms with Crippen LogP contribution in [0, 0.1) is 12.7 Å². The maximum Gasteiger partial charge on any atom is 0.170 e. The molecule has 0 atom stereocenters. The second-order valence-electron chi connectivity index (χ2n) is 4.16. The second kappa shape index (κ2) is 5.57. The van der Waals surface area contributed by atoms with E-state index in [1.54, 1.807) is 10.7 Å². The molecule has 0 radical (unpaired) electrons. The average molecular weight is 249 g/mol. The Bertz CT molecular complexity index is 523. The van der Waals surface area contributed by atoms with Gasteiger partial charge in [-0.1, -0.05) is 13.0 Å². The van der Waals surface area contributed by atoms with Crippen LogP contribution in [-0.2, 0) is 13.1 Å². The fourth-order valence-electron chi connectivity index (χ4n) is 1.67. The third kappa shape index (κ3) is 2.82. The standard InChI is InChI=1S/C12H16FN5/c1-3-6-18-12(15-16-17-18)8-14-11-5-4-9(2)7-10(11)13/h4-5,7,14H,3,6,8H2,1-2H3. The van der Waals surface area contributed by atoms with Gasteiger partial charge in [-0.05, 0) is 41.5 Å². The number of anilines is 1. The number of nitrogens with zero attached hydrogens (tertiary/aromatic N) is 4. The summed E-state index contributed by atoms with van der Waals surface area (Å²) in [6, 6.07) is 5.08. The first-order valence-corrected chi connectivity index (χ1v) is 5.95. The summed E-state index contributed by atoms with van der Waals surface area (Å²) in [4.78, 5) is 0. The van der Waals surface area contributed by atoms with Crippen LogP contribution in [0.1, 0.15) is 24.7 Å². The maximum absolute atomic E-state index is 13.6. The molecule has 2 aromatic rings. The molecular formula is C12H16FN5. The lowest BCUT2D eigenvalue weighted by Gasteiger charge is -2.08. The summed E-state index contributed by atoms with van der Waals surface area (Å²) < 4.78 is 15.3. The van der Waals surface area contributed by atoms with E-state index in [2.05, 4.69) is 27.8 Å². The summed E-state index contributed by atoms with van der Waals surface area (Å²) in [5, 5.41) is 14.4. The lowest BCUT2D eigenvalue weighted by Crippen LogP contribution is -2.10. The zero-order chi connectivity index (χ0) is 13.0. The SMILES string of the molecule is CCCn1nnnc1CNc1ccc(C)cc1F. The minimum Gasteiger partial charge on any atom is -0.375 e. The van der Waals surface area contributed by atoms with Gasteiger partial charge in [0.05, 0.1) is 12.2 Å². The van der Waals surface area contributed by atoms with E-state index in [-0.39, 0.29) is 5.82 Å². The van der Waals surface area contributed by atoms with Crippen molar-refractivity contribution in [3.63, 3.8) is 0 Å². The van der Waals surface area contributed by atoms with Crippen molar-refractivity contribution in [2.75, 3.05) is 5.32 Å². The predicted octanol–water partition coefficient (Wildman–Crippen LogP) is 2.14. The molecule has 1 aromatic heterocycles. The number of aryl methyl sites for hydroxylation is 2. The van der Waals surface area contributed by atoms with Crippen molar-refractivity contribution in [3.8, 4) is 0 Å². The summed E-state index contributed by atoms with van der Waals surface area (Å²) >= 11 is 0. The zero-order valence-corrected chi connectivity index (χ0v) is 10.5. The fraction of sp³-hybridized carbons (Fsp3) is 0.417. The van der Waals surface area contributed by atoms with E-state index >= 15 is 0 Å². The number of halogens is 1. The summed E-state index contributed by atoms with van der Waals surface area (Å²) in [6.07, 6.45) is 0.955. The molecule has 0 saturated carbocycles. The van der Waals surface area contributed by atoms with E-state index in [9.17, 15) is 4.39 Å². The van der Waals surface area contributed by atoms with Gasteiger partial charge in [0, 0.05) is 6.54 Å². The highest BCUT2D eigenvalue weighted by molar-refractivity contribution is 5.46. The maximum atomic E-state index is 13.6. The van der Waals surface area contributed by atoms with Crippen molar-refractivity contribution in [2.45, 2.75) is 33.4 Å². The molecule has 0 aliphatic rings. The van der Waals surface area contributed by atoms with E-state index in [1.165, 1.54) is 6.07 Å². The monoisotopic (exact) mass is 249 g/mol. The van der Waals surface area contributed by atoms with Crippen molar-refractivity contribution in [1.29, 1.82) is 0 Å². The summed E-state index contributed by atoms with van der Waals surface area (Å²) in [5.74, 6) is 0.446. The Morgan fingerprint density at radius 2 is 2.22 bits per heavy atom. The smallest absolute Gasteiger partial charge is 0.170 e. The van der Waals surface area contributed by atoms with Crippen LogP contribution in [0.25, 0.3) is 0 Å². The highest BCUT2D eigenvalue weighted by Crippen LogP contribution is 2.15. The van der Waals surface area contributed by atoms with Gasteiger partial charge in [0.2, 0.25) is 0 Å². The number of hydrogen-bond acceptors (Lipinski definition) is 4. The molecule has 0 fully saturated rings. The first-order valence-electron chi connectivity index (χ1n) is 5.95. The van der Waals surface area contributed by atoms with Crippen molar-refractivity contribution in [3.05, 3.63) is 35.4 Å². The van der Waals surface area contributed by atoms with Crippen LogP contribution < -0.4 is 5.32 Å². The van der Waals surface area contributed by atoms with Gasteiger partial charge in [0.15, 0.2) is 5.82 Å². The minimum absolute atomic E-state index is 0.260. The molecule has 2 rings (SSSR count). The van der Waals surface area contributed by atoms with E-state index < -0.39 is 0 Å². The molecule has 1 aromatic carbocycles. The van der Waals surface area contributed by atoms with Crippen LogP contribution in [0.3, 0.4) is 0 Å². The number of tetrazole rings is 1. The van der Waals surface area contributed by atoms with Crippen LogP contribution in [0.2, 0.25) is 0 Å². The molecule has 0 bridgehead atoms. The van der Waals surface area contributed by atoms with Gasteiger partial charge in [0.1, 0.15) is 5.82 Å². The largest absolute Gasteiger partial charge is 0.375 e. The first kappa shape index (κ1) is 12.5. The van der Waals surface area contributed by atoms with Crippen molar-refractivity contribution >= 4 is 5.69 Å². The third-order valence-corrected chi connectivity index (χ3v) is 2.60. The molecule has 18 heavy (non-hydrogen) atoms. The fourth-order valence-corrected chi connectivity index (χ4v) is 1.67. The summed E-state index contributed by atoms with van der Waals surface area (Å²) in [6.45, 7) is 5.08. The van der Waals surface area contributed by atoms with Crippen LogP contribution in [0.5, 0.6) is 0 Å². The van der Waals surface area contributed by atoms with Crippen molar-refractivity contribution < 1.29 is 4.39 Å². The summed E-state index contributed by atoms with van der Waals surface area (Å²) in [5.41, 5.74) is 1.36. The normalized spacial score (nSPS) is 10.6. The Hall–Kier alpha value is -1.98. The van der Waals surface area contributed by atoms with Gasteiger partial charge >= 0.3 is 0 Å². The minimum atomic E-state index is -0.260. The Morgan fingerprint density at radius 1 is 1.39 bits per heavy atom. The van der Waals surface area contributed by atoms with E-state index in [0.29, 0.717) is 18.1 Å². The molecule has 0 aliphatic heterocycles. The topological polar surface area (TPSA) is 55.6 Å². The van der Waals surface area contributed by atoms with Gasteiger partial charge in [-0.15, -0.1) is 5.10 Å². The summed E-state index contributed by atoms with van der Waals surface area (Å²) in [7, 11) is 0. The number of hydrogen-bond donors (Lipinski definition) is 1. The second-order valence-corrected chi connectivity index (χ2v) is 4.16. The van der Waals surface area contributed by atoms with Crippen molar-refractivity contribution in [2.24, 2.45) is 0 Å². The van der Waals surface area contributed by atoms with Gasteiger partial charge in [-0.2, -0.15) is 0 Å². The van der Waals surface area contributed by atoms with Crippen molar-refractivity contribution in [1.82, 2.24) is 20.2 Å². The van der Waals surface area contributed by atoms with Gasteiger partial charge < -0.3 is 5.32 Å². The Labute approximate surface area is 105 Å². The Kier molecular flexibility index (Phi) is 3.86. The molecule has 96 valence electrons. The first-order chi connectivity index (χ1) is 8.70. The number of rotatable bonds is 5. The molecule has 0 saturated heterocycles. The number of aromatic nitrogens is 4. The quantitative estimate of drug-likeness (QED) is 0.882. The highest BCUT2D eigenvalue weighted by atomic mass is 19.1. The molecule has 0 spiro atoms. The molecule has 5 nitrogen and oxygen atoms in total. The van der Waals surface area contributed by atoms with E-state index in [4.69, 9.17) is 0 Å². The van der Waals surface area contributed by atoms with Crippen LogP contribution in [-0.4, -0.2) is 20.2 Å². The van der Waals surface area contributed by atoms with Gasteiger partial charge in [-0.3, -0.25) is 0 Å². The number of nitrogens with one attached hydrogen (secondary N) is 1. The van der Waals surface area contributed by atoms with Crippen LogP contribution >= 0.6 is 0 Å². The van der Waals surface area contributed by atoms with Gasteiger partial charge in [0.25, 0.3) is 0 Å². The van der Waals surface area contributed by atoms with Gasteiger partial charge in [-0.25, -0.2) is 9.07 Å². The van der Waals surface area contributed by atoms with E-state index in [0.717, 1.165) is 18.5 Å². The van der Waals surface area contributed by atoms with E-state index in [1.807, 2.05) is 13.0 Å². The lowest BCUT2D eigenvalue weighted by molar-refractivity contribution is 0.558. The Balaban J connectivity index is 2.04. The number of benzene rings is 1. The highest BCUT2D eigenvalue weighted by Gasteiger charge is 2.06.